The SMILES string of the molecule is C=C(N=C1C=CC=C/C1=C(/N)c1ccc2c3c(cccc13)-c1ccccc1-2)c1ccc(-n2c3c(c4ccccc42)CCc2ccccc2-3)cc1. The number of aromatic nitrogens is 1. The predicted octanol–water partition coefficient (Wildman–Crippen LogP) is 11.1. The van der Waals surface area contributed by atoms with Crippen LogP contribution in [0.1, 0.15) is 22.3 Å². The molecule has 1 heterocycles. The first-order chi connectivity index (χ1) is 24.7. The molecule has 6 aromatic carbocycles. The number of para-hydroxylation sites is 1. The molecular formula is C47H33N3. The second kappa shape index (κ2) is 11.0. The molecule has 0 radical (unpaired) electrons. The summed E-state index contributed by atoms with van der Waals surface area (Å²) in [7, 11) is 0. The zero-order chi connectivity index (χ0) is 33.3. The van der Waals surface area contributed by atoms with Crippen LogP contribution in [0.25, 0.3) is 72.3 Å². The van der Waals surface area contributed by atoms with Gasteiger partial charge in [-0.1, -0.05) is 134 Å². The summed E-state index contributed by atoms with van der Waals surface area (Å²) in [4.78, 5) is 5.08. The van der Waals surface area contributed by atoms with Gasteiger partial charge in [-0.2, -0.15) is 0 Å². The van der Waals surface area contributed by atoms with Crippen LogP contribution in [-0.4, -0.2) is 10.3 Å². The largest absolute Gasteiger partial charge is 0.398 e. The molecule has 0 unspecified atom stereocenters. The van der Waals surface area contributed by atoms with Gasteiger partial charge >= 0.3 is 0 Å². The van der Waals surface area contributed by atoms with E-state index in [2.05, 4.69) is 145 Å². The second-order valence-electron chi connectivity index (χ2n) is 13.3. The first-order valence-corrected chi connectivity index (χ1v) is 17.3. The maximum absolute atomic E-state index is 7.06. The average Bonchev–Trinajstić information content (AvgIpc) is 3.69. The minimum Gasteiger partial charge on any atom is -0.398 e. The number of hydrogen-bond donors (Lipinski definition) is 1. The van der Waals surface area contributed by atoms with Crippen molar-refractivity contribution in [3.05, 3.63) is 186 Å². The fourth-order valence-corrected chi connectivity index (χ4v) is 8.34. The zero-order valence-electron chi connectivity index (χ0n) is 27.5. The number of rotatable bonds is 4. The first kappa shape index (κ1) is 28.6. The van der Waals surface area contributed by atoms with E-state index in [1.165, 1.54) is 60.9 Å². The van der Waals surface area contributed by atoms with Crippen molar-refractivity contribution in [2.24, 2.45) is 10.7 Å². The van der Waals surface area contributed by atoms with Crippen molar-refractivity contribution in [3.63, 3.8) is 0 Å². The van der Waals surface area contributed by atoms with E-state index < -0.39 is 0 Å². The third-order valence-electron chi connectivity index (χ3n) is 10.6. The van der Waals surface area contributed by atoms with Crippen molar-refractivity contribution < 1.29 is 0 Å². The highest BCUT2D eigenvalue weighted by atomic mass is 15.0. The van der Waals surface area contributed by atoms with Crippen molar-refractivity contribution >= 4 is 38.8 Å². The lowest BCUT2D eigenvalue weighted by Gasteiger charge is -2.20. The molecule has 0 bridgehead atoms. The lowest BCUT2D eigenvalue weighted by molar-refractivity contribution is 0.934. The number of allylic oxidation sites excluding steroid dienone is 5. The van der Waals surface area contributed by atoms with E-state index in [-0.39, 0.29) is 0 Å². The average molecular weight is 640 g/mol. The van der Waals surface area contributed by atoms with Crippen LogP contribution in [-0.2, 0) is 12.8 Å². The number of hydrogen-bond acceptors (Lipinski definition) is 2. The third kappa shape index (κ3) is 4.20. The Hall–Kier alpha value is -6.45. The number of nitrogens with zero attached hydrogens (tertiary/aromatic N) is 2. The molecule has 10 rings (SSSR count). The van der Waals surface area contributed by atoms with Gasteiger partial charge in [0.2, 0.25) is 0 Å². The highest BCUT2D eigenvalue weighted by Gasteiger charge is 2.26. The zero-order valence-corrected chi connectivity index (χ0v) is 27.5. The molecule has 0 atom stereocenters. The molecule has 7 aromatic rings. The Bertz CT molecular complexity index is 2680. The van der Waals surface area contributed by atoms with Gasteiger partial charge in [-0.25, -0.2) is 4.99 Å². The van der Waals surface area contributed by atoms with E-state index in [4.69, 9.17) is 10.7 Å². The molecule has 236 valence electrons. The van der Waals surface area contributed by atoms with E-state index in [0.29, 0.717) is 11.4 Å². The minimum atomic E-state index is 0.692. The van der Waals surface area contributed by atoms with E-state index >= 15 is 0 Å². The first-order valence-electron chi connectivity index (χ1n) is 17.3. The topological polar surface area (TPSA) is 43.3 Å². The fourth-order valence-electron chi connectivity index (χ4n) is 8.34. The van der Waals surface area contributed by atoms with Gasteiger partial charge in [-0.15, -0.1) is 0 Å². The Morgan fingerprint density at radius 2 is 1.30 bits per heavy atom. The lowest BCUT2D eigenvalue weighted by atomic mass is 9.89. The summed E-state index contributed by atoms with van der Waals surface area (Å²) >= 11 is 0. The molecule has 0 aliphatic heterocycles. The fraction of sp³-hybridized carbons (Fsp3) is 0.0426. The quantitative estimate of drug-likeness (QED) is 0.205. The molecule has 0 saturated heterocycles. The summed E-state index contributed by atoms with van der Waals surface area (Å²) in [6, 6.07) is 45.8. The van der Waals surface area contributed by atoms with Gasteiger partial charge in [0.15, 0.2) is 0 Å². The van der Waals surface area contributed by atoms with Gasteiger partial charge < -0.3 is 10.3 Å². The maximum Gasteiger partial charge on any atom is 0.0730 e. The summed E-state index contributed by atoms with van der Waals surface area (Å²) in [6.45, 7) is 4.42. The van der Waals surface area contributed by atoms with Crippen molar-refractivity contribution in [2.45, 2.75) is 12.8 Å². The van der Waals surface area contributed by atoms with Crippen molar-refractivity contribution in [1.29, 1.82) is 0 Å². The molecule has 2 N–H and O–H groups in total. The number of nitrogens with two attached hydrogens (primary N) is 1. The van der Waals surface area contributed by atoms with Gasteiger partial charge in [-0.3, -0.25) is 0 Å². The molecule has 0 fully saturated rings. The number of aryl methyl sites for hydroxylation is 2. The van der Waals surface area contributed by atoms with Crippen LogP contribution < -0.4 is 5.73 Å². The van der Waals surface area contributed by atoms with Gasteiger partial charge in [0.1, 0.15) is 0 Å². The van der Waals surface area contributed by atoms with Crippen LogP contribution in [0.4, 0.5) is 0 Å². The Kier molecular flexibility index (Phi) is 6.31. The Morgan fingerprint density at radius 1 is 0.620 bits per heavy atom. The van der Waals surface area contributed by atoms with Crippen LogP contribution in [0, 0.1) is 0 Å². The molecule has 0 amide bonds. The molecule has 3 heteroatoms. The summed E-state index contributed by atoms with van der Waals surface area (Å²) in [5, 5.41) is 3.74. The van der Waals surface area contributed by atoms with Gasteiger partial charge in [0, 0.05) is 33.5 Å². The number of benzene rings is 6. The summed E-state index contributed by atoms with van der Waals surface area (Å²) in [6.07, 6.45) is 10.2. The summed E-state index contributed by atoms with van der Waals surface area (Å²) in [5.74, 6) is 0. The highest BCUT2D eigenvalue weighted by molar-refractivity contribution is 6.21. The van der Waals surface area contributed by atoms with Crippen LogP contribution in [0.2, 0.25) is 0 Å². The standard InChI is InChI=1S/C47H33N3/c1-29(30-21-24-32(25-22-30)50-44-20-9-7-15-36(44)41-26-23-31-11-2-3-12-33(31)47(41)50)49-43-19-8-6-16-42(43)46(48)40-28-27-39-35-14-5-4-13-34(35)37-17-10-18-38(40)45(37)39/h2-22,24-25,27-28H,1,23,26,48H2/b46-42-,49-43?. The third-order valence-corrected chi connectivity index (χ3v) is 10.6. The number of fused-ring (bicyclic) bond motifs is 8. The Balaban J connectivity index is 1.03. The van der Waals surface area contributed by atoms with Crippen LogP contribution in [0.3, 0.4) is 0 Å². The Labute approximate surface area is 291 Å². The minimum absolute atomic E-state index is 0.692. The van der Waals surface area contributed by atoms with E-state index in [0.717, 1.165) is 46.3 Å². The monoisotopic (exact) mass is 639 g/mol. The van der Waals surface area contributed by atoms with Gasteiger partial charge in [-0.05, 0) is 86.8 Å². The molecule has 3 nitrogen and oxygen atoms in total. The van der Waals surface area contributed by atoms with Crippen molar-refractivity contribution in [1.82, 2.24) is 4.57 Å². The summed E-state index contributed by atoms with van der Waals surface area (Å²) in [5.41, 5.74) is 25.0. The molecule has 3 aliphatic carbocycles. The van der Waals surface area contributed by atoms with Crippen LogP contribution in [0.15, 0.2) is 169 Å². The Morgan fingerprint density at radius 3 is 2.14 bits per heavy atom. The molecule has 50 heavy (non-hydrogen) atoms. The molecule has 0 saturated carbocycles. The molecule has 1 aromatic heterocycles. The molecular weight excluding hydrogens is 607 g/mol. The van der Waals surface area contributed by atoms with Crippen molar-refractivity contribution in [3.8, 4) is 39.2 Å². The molecule has 0 spiro atoms. The van der Waals surface area contributed by atoms with Crippen LogP contribution in [0.5, 0.6) is 0 Å². The van der Waals surface area contributed by atoms with Crippen LogP contribution >= 0.6 is 0 Å². The normalized spacial score (nSPS) is 15.7. The molecule has 3 aliphatic rings. The van der Waals surface area contributed by atoms with E-state index in [1.807, 2.05) is 18.2 Å². The van der Waals surface area contributed by atoms with Gasteiger partial charge in [0.25, 0.3) is 0 Å². The predicted molar refractivity (Wildman–Crippen MR) is 210 cm³/mol. The smallest absolute Gasteiger partial charge is 0.0730 e. The number of aliphatic imine (C=N–C) groups is 1. The second-order valence-corrected chi connectivity index (χ2v) is 13.3. The lowest BCUT2D eigenvalue weighted by Crippen LogP contribution is -2.10. The van der Waals surface area contributed by atoms with E-state index in [1.54, 1.807) is 0 Å². The van der Waals surface area contributed by atoms with Gasteiger partial charge in [0.05, 0.1) is 22.6 Å². The summed E-state index contributed by atoms with van der Waals surface area (Å²) < 4.78 is 2.42. The maximum atomic E-state index is 7.06. The van der Waals surface area contributed by atoms with E-state index in [9.17, 15) is 0 Å². The van der Waals surface area contributed by atoms with Crippen molar-refractivity contribution in [2.75, 3.05) is 0 Å². The highest BCUT2D eigenvalue weighted by Crippen LogP contribution is 2.48.